The van der Waals surface area contributed by atoms with E-state index >= 15 is 0 Å². The molecule has 1 fully saturated rings. The van der Waals surface area contributed by atoms with Gasteiger partial charge in [0.25, 0.3) is 15.9 Å². The average Bonchev–Trinajstić information content (AvgIpc) is 3.03. The molecule has 0 spiro atoms. The van der Waals surface area contributed by atoms with Crippen molar-refractivity contribution >= 4 is 54.9 Å². The molecule has 2 aromatic carbocycles. The van der Waals surface area contributed by atoms with E-state index in [-0.39, 0.29) is 22.5 Å². The van der Waals surface area contributed by atoms with Crippen LogP contribution < -0.4 is 9.47 Å². The molecule has 7 nitrogen and oxygen atoms in total. The lowest BCUT2D eigenvalue weighted by Crippen LogP contribution is -2.29. The summed E-state index contributed by atoms with van der Waals surface area (Å²) >= 11 is 4.25. The highest BCUT2D eigenvalue weighted by Gasteiger charge is 2.34. The summed E-state index contributed by atoms with van der Waals surface area (Å²) in [4.78, 5) is 14.6. The Bertz CT molecular complexity index is 1170. The molecule has 0 atom stereocenters. The lowest BCUT2D eigenvalue weighted by atomic mass is 10.1. The van der Waals surface area contributed by atoms with E-state index in [0.717, 1.165) is 16.2 Å². The summed E-state index contributed by atoms with van der Waals surface area (Å²) in [6.07, 6.45) is 3.15. The van der Waals surface area contributed by atoms with Gasteiger partial charge in [-0.2, -0.15) is 8.42 Å². The van der Waals surface area contributed by atoms with Crippen LogP contribution in [-0.4, -0.2) is 45.2 Å². The lowest BCUT2D eigenvalue weighted by molar-refractivity contribution is -0.121. The van der Waals surface area contributed by atoms with Gasteiger partial charge in [0.2, 0.25) is 0 Å². The highest BCUT2D eigenvalue weighted by Crippen LogP contribution is 2.36. The number of thioether (sulfide) groups is 1. The molecule has 0 aromatic heterocycles. The van der Waals surface area contributed by atoms with Gasteiger partial charge in [-0.25, -0.2) is 0 Å². The van der Waals surface area contributed by atoms with Crippen molar-refractivity contribution in [1.82, 2.24) is 4.90 Å². The Hall–Kier alpha value is -2.56. The molecule has 0 N–H and O–H groups in total. The predicted molar refractivity (Wildman–Crippen MR) is 126 cm³/mol. The second-order valence-corrected chi connectivity index (χ2v) is 9.75. The molecule has 1 amide bonds. The van der Waals surface area contributed by atoms with E-state index in [2.05, 4.69) is 26.9 Å². The fourth-order valence-corrected chi connectivity index (χ4v) is 5.15. The Morgan fingerprint density at radius 3 is 2.48 bits per heavy atom. The Labute approximate surface area is 193 Å². The number of hydrogen-bond donors (Lipinski definition) is 0. The van der Waals surface area contributed by atoms with Crippen LogP contribution in [0.4, 0.5) is 0 Å². The zero-order valence-electron chi connectivity index (χ0n) is 16.7. The maximum absolute atomic E-state index is 12.9. The van der Waals surface area contributed by atoms with Gasteiger partial charge in [0.05, 0.1) is 24.0 Å². The number of rotatable bonds is 7. The number of sulfonamides is 1. The second kappa shape index (κ2) is 9.71. The van der Waals surface area contributed by atoms with Crippen LogP contribution in [0, 0.1) is 0 Å². The number of carbonyl (C=O) groups excluding carboxylic acids is 1. The minimum atomic E-state index is -4.00. The van der Waals surface area contributed by atoms with E-state index in [1.54, 1.807) is 43.5 Å². The number of amidine groups is 1. The standard InChI is InChI=1S/C21H19BrN2O5S2/c1-4-11-24-20(25)19(12-14-5-8-16(28-2)13-18(14)29-3)30-21(24)23-31(26,27)17-9-6-15(22)7-10-17/h4-10,12-13H,1,11H2,2-3H3/b19-12-,23-21+. The predicted octanol–water partition coefficient (Wildman–Crippen LogP) is 4.31. The number of halogens is 1. The van der Waals surface area contributed by atoms with Crippen molar-refractivity contribution in [3.05, 3.63) is 70.1 Å². The van der Waals surface area contributed by atoms with Crippen LogP contribution >= 0.6 is 27.7 Å². The van der Waals surface area contributed by atoms with Crippen LogP contribution in [0.1, 0.15) is 5.56 Å². The molecule has 0 radical (unpaired) electrons. The molecule has 0 unspecified atom stereocenters. The monoisotopic (exact) mass is 522 g/mol. The van der Waals surface area contributed by atoms with Crippen molar-refractivity contribution in [3.8, 4) is 11.5 Å². The van der Waals surface area contributed by atoms with E-state index in [0.29, 0.717) is 22.0 Å². The summed E-state index contributed by atoms with van der Waals surface area (Å²) in [6, 6.07) is 11.3. The third-order valence-electron chi connectivity index (χ3n) is 4.24. The lowest BCUT2D eigenvalue weighted by Gasteiger charge is -2.12. The zero-order chi connectivity index (χ0) is 22.6. The van der Waals surface area contributed by atoms with E-state index in [1.165, 1.54) is 30.2 Å². The van der Waals surface area contributed by atoms with Gasteiger partial charge < -0.3 is 9.47 Å². The Balaban J connectivity index is 2.01. The molecule has 1 aliphatic rings. The molecule has 1 heterocycles. The first-order valence-corrected chi connectivity index (χ1v) is 12.0. The molecule has 0 aliphatic carbocycles. The van der Waals surface area contributed by atoms with Gasteiger partial charge in [0, 0.05) is 22.6 Å². The number of hydrogen-bond acceptors (Lipinski definition) is 6. The van der Waals surface area contributed by atoms with E-state index in [4.69, 9.17) is 9.47 Å². The summed E-state index contributed by atoms with van der Waals surface area (Å²) in [6.45, 7) is 3.77. The van der Waals surface area contributed by atoms with Crippen LogP contribution in [-0.2, 0) is 14.8 Å². The molecule has 2 aromatic rings. The minimum Gasteiger partial charge on any atom is -0.497 e. The molecule has 1 aliphatic heterocycles. The fraction of sp³-hybridized carbons (Fsp3) is 0.143. The Morgan fingerprint density at radius 2 is 1.87 bits per heavy atom. The van der Waals surface area contributed by atoms with Crippen LogP contribution in [0.5, 0.6) is 11.5 Å². The van der Waals surface area contributed by atoms with Crippen LogP contribution in [0.2, 0.25) is 0 Å². The molecule has 0 saturated carbocycles. The van der Waals surface area contributed by atoms with Gasteiger partial charge in [-0.1, -0.05) is 22.0 Å². The van der Waals surface area contributed by atoms with E-state index in [1.807, 2.05) is 0 Å². The first kappa shape index (κ1) is 23.1. The van der Waals surface area contributed by atoms with Crippen molar-refractivity contribution in [3.63, 3.8) is 0 Å². The smallest absolute Gasteiger partial charge is 0.284 e. The van der Waals surface area contributed by atoms with Crippen molar-refractivity contribution in [1.29, 1.82) is 0 Å². The summed E-state index contributed by atoms with van der Waals surface area (Å²) in [5.74, 6) is 0.761. The highest BCUT2D eigenvalue weighted by molar-refractivity contribution is 9.10. The molecular weight excluding hydrogens is 504 g/mol. The number of carbonyl (C=O) groups is 1. The number of amides is 1. The van der Waals surface area contributed by atoms with Gasteiger partial charge in [-0.3, -0.25) is 9.69 Å². The van der Waals surface area contributed by atoms with Crippen molar-refractivity contribution in [2.45, 2.75) is 4.90 Å². The molecule has 162 valence electrons. The number of benzene rings is 2. The quantitative estimate of drug-likeness (QED) is 0.397. The third-order valence-corrected chi connectivity index (χ3v) is 7.17. The minimum absolute atomic E-state index is 0.0315. The number of methoxy groups -OCH3 is 2. The van der Waals surface area contributed by atoms with Gasteiger partial charge >= 0.3 is 0 Å². The third kappa shape index (κ3) is 5.20. The largest absolute Gasteiger partial charge is 0.497 e. The van der Waals surface area contributed by atoms with E-state index in [9.17, 15) is 13.2 Å². The Kier molecular flexibility index (Phi) is 7.24. The van der Waals surface area contributed by atoms with Gasteiger partial charge in [0.15, 0.2) is 5.17 Å². The summed E-state index contributed by atoms with van der Waals surface area (Å²) < 4.78 is 40.8. The van der Waals surface area contributed by atoms with Crippen molar-refractivity contribution in [2.24, 2.45) is 4.40 Å². The molecule has 1 saturated heterocycles. The molecule has 10 heteroatoms. The SMILES string of the molecule is C=CCN1C(=O)/C(=C/c2ccc(OC)cc2OC)S/C1=N/S(=O)(=O)c1ccc(Br)cc1. The molecular formula is C21H19BrN2O5S2. The van der Waals surface area contributed by atoms with E-state index < -0.39 is 10.0 Å². The highest BCUT2D eigenvalue weighted by atomic mass is 79.9. The van der Waals surface area contributed by atoms with Crippen LogP contribution in [0.15, 0.2) is 73.8 Å². The average molecular weight is 523 g/mol. The summed E-state index contributed by atoms with van der Waals surface area (Å²) in [5.41, 5.74) is 0.648. The number of ether oxygens (including phenoxy) is 2. The summed E-state index contributed by atoms with van der Waals surface area (Å²) in [7, 11) is -0.941. The first-order valence-electron chi connectivity index (χ1n) is 8.94. The summed E-state index contributed by atoms with van der Waals surface area (Å²) in [5, 5.41) is 0.0616. The number of nitrogens with zero attached hydrogens (tertiary/aromatic N) is 2. The normalized spacial score (nSPS) is 16.7. The van der Waals surface area contributed by atoms with Gasteiger partial charge in [-0.15, -0.1) is 11.0 Å². The fourth-order valence-electron chi connectivity index (χ4n) is 2.71. The topological polar surface area (TPSA) is 85.3 Å². The van der Waals surface area contributed by atoms with Crippen molar-refractivity contribution in [2.75, 3.05) is 20.8 Å². The first-order chi connectivity index (χ1) is 14.8. The van der Waals surface area contributed by atoms with Gasteiger partial charge in [0.1, 0.15) is 11.5 Å². The van der Waals surface area contributed by atoms with Gasteiger partial charge in [-0.05, 0) is 54.2 Å². The molecule has 3 rings (SSSR count). The maximum atomic E-state index is 12.9. The van der Waals surface area contributed by atoms with Crippen LogP contribution in [0.25, 0.3) is 6.08 Å². The molecule has 31 heavy (non-hydrogen) atoms. The van der Waals surface area contributed by atoms with Crippen LogP contribution in [0.3, 0.4) is 0 Å². The maximum Gasteiger partial charge on any atom is 0.284 e. The second-order valence-electron chi connectivity index (χ2n) is 6.23. The Morgan fingerprint density at radius 1 is 1.16 bits per heavy atom. The molecule has 0 bridgehead atoms. The van der Waals surface area contributed by atoms with Crippen molar-refractivity contribution < 1.29 is 22.7 Å². The zero-order valence-corrected chi connectivity index (χ0v) is 20.0.